The first-order chi connectivity index (χ1) is 14.0. The first-order valence-electron chi connectivity index (χ1n) is 8.65. The Hall–Kier alpha value is -3.79. The highest BCUT2D eigenvalue weighted by atomic mass is 19.2. The quantitative estimate of drug-likeness (QED) is 0.655. The van der Waals surface area contributed by atoms with Gasteiger partial charge in [0.05, 0.1) is 0 Å². The lowest BCUT2D eigenvalue weighted by atomic mass is 9.96. The summed E-state index contributed by atoms with van der Waals surface area (Å²) in [5.74, 6) is 3.20. The summed E-state index contributed by atoms with van der Waals surface area (Å²) in [7, 11) is 0. The molecule has 4 nitrogen and oxygen atoms in total. The third-order valence-electron chi connectivity index (χ3n) is 4.39. The Labute approximate surface area is 164 Å². The molecule has 1 aromatic heterocycles. The molecular weight excluding hydrogens is 381 g/mol. The molecule has 2 heterocycles. The van der Waals surface area contributed by atoms with Crippen molar-refractivity contribution in [1.29, 1.82) is 0 Å². The maximum Gasteiger partial charge on any atom is 0.408 e. The van der Waals surface area contributed by atoms with Crippen LogP contribution in [0.3, 0.4) is 0 Å². The summed E-state index contributed by atoms with van der Waals surface area (Å²) in [6, 6.07) is 10.4. The van der Waals surface area contributed by atoms with Crippen LogP contribution in [0, 0.1) is 29.3 Å². The van der Waals surface area contributed by atoms with Crippen LogP contribution in [0.1, 0.15) is 34.4 Å². The molecule has 7 heteroatoms. The van der Waals surface area contributed by atoms with Gasteiger partial charge in [-0.2, -0.15) is 0 Å². The van der Waals surface area contributed by atoms with Gasteiger partial charge in [0.2, 0.25) is 0 Å². The number of rotatable bonds is 2. The smallest absolute Gasteiger partial charge is 0.408 e. The largest absolute Gasteiger partial charge is 0.439 e. The number of amides is 1. The Morgan fingerprint density at radius 3 is 2.59 bits per heavy atom. The number of carbonyl (C=O) groups is 1. The second kappa shape index (κ2) is 7.68. The van der Waals surface area contributed by atoms with E-state index in [1.165, 1.54) is 36.7 Å². The highest BCUT2D eigenvalue weighted by Gasteiger charge is 2.38. The molecule has 2 aromatic carbocycles. The first-order valence-corrected chi connectivity index (χ1v) is 8.65. The minimum atomic E-state index is -1.07. The van der Waals surface area contributed by atoms with Crippen LogP contribution in [0.25, 0.3) is 0 Å². The summed E-state index contributed by atoms with van der Waals surface area (Å²) in [5, 5.41) is 2.59. The fourth-order valence-corrected chi connectivity index (χ4v) is 3.07. The number of nitrogens with zero attached hydrogens (tertiary/aromatic N) is 1. The maximum atomic E-state index is 14.2. The standard InChI is InChI=1S/C22H13F3N2O2/c23-16-4-1-3-13(10-16)7-8-14-9-15(12-26-11-14)20-21(29-22(28)27-20)17-5-2-6-18(24)19(17)25/h1-6,9-12,20-21H,(H,27,28). The van der Waals surface area contributed by atoms with Gasteiger partial charge in [0, 0.05) is 29.1 Å². The van der Waals surface area contributed by atoms with E-state index in [9.17, 15) is 18.0 Å². The summed E-state index contributed by atoms with van der Waals surface area (Å²) < 4.78 is 46.3. The molecule has 3 aromatic rings. The van der Waals surface area contributed by atoms with Gasteiger partial charge in [-0.1, -0.05) is 30.0 Å². The molecule has 0 saturated carbocycles. The second-order valence-corrected chi connectivity index (χ2v) is 6.36. The van der Waals surface area contributed by atoms with Gasteiger partial charge in [0.1, 0.15) is 11.9 Å². The van der Waals surface area contributed by atoms with Gasteiger partial charge >= 0.3 is 6.09 Å². The third-order valence-corrected chi connectivity index (χ3v) is 4.39. The number of benzene rings is 2. The molecule has 0 radical (unpaired) electrons. The minimum Gasteiger partial charge on any atom is -0.439 e. The summed E-state index contributed by atoms with van der Waals surface area (Å²) in [4.78, 5) is 15.9. The number of carbonyl (C=O) groups excluding carboxylic acids is 1. The fourth-order valence-electron chi connectivity index (χ4n) is 3.07. The van der Waals surface area contributed by atoms with E-state index >= 15 is 0 Å². The normalized spacial score (nSPS) is 17.8. The number of nitrogens with one attached hydrogen (secondary N) is 1. The summed E-state index contributed by atoms with van der Waals surface area (Å²) >= 11 is 0. The van der Waals surface area contributed by atoms with Gasteiger partial charge in [-0.05, 0) is 35.9 Å². The Kier molecular flexibility index (Phi) is 4.92. The van der Waals surface area contributed by atoms with E-state index < -0.39 is 35.7 Å². The lowest BCUT2D eigenvalue weighted by Gasteiger charge is -2.18. The number of cyclic esters (lactones) is 1. The highest BCUT2D eigenvalue weighted by Crippen LogP contribution is 2.38. The number of halogens is 3. The molecule has 0 aliphatic carbocycles. The first kappa shape index (κ1) is 18.6. The number of alkyl carbamates (subject to hydrolysis) is 1. The molecule has 1 fully saturated rings. The molecule has 1 amide bonds. The summed E-state index contributed by atoms with van der Waals surface area (Å²) in [5.41, 5.74) is 1.43. The monoisotopic (exact) mass is 394 g/mol. The van der Waals surface area contributed by atoms with Crippen molar-refractivity contribution in [2.24, 2.45) is 0 Å². The molecule has 0 bridgehead atoms. The van der Waals surface area contributed by atoms with Crippen LogP contribution in [-0.2, 0) is 4.74 Å². The van der Waals surface area contributed by atoms with Crippen LogP contribution in [0.4, 0.5) is 18.0 Å². The summed E-state index contributed by atoms with van der Waals surface area (Å²) in [6.07, 6.45) is 1.17. The number of pyridine rings is 1. The van der Waals surface area contributed by atoms with E-state index in [1.54, 1.807) is 18.2 Å². The van der Waals surface area contributed by atoms with Crippen molar-refractivity contribution < 1.29 is 22.7 Å². The molecular formula is C22H13F3N2O2. The lowest BCUT2D eigenvalue weighted by Crippen LogP contribution is -2.20. The van der Waals surface area contributed by atoms with E-state index in [2.05, 4.69) is 22.1 Å². The zero-order valence-corrected chi connectivity index (χ0v) is 14.8. The average molecular weight is 394 g/mol. The molecule has 29 heavy (non-hydrogen) atoms. The average Bonchev–Trinajstić information content (AvgIpc) is 3.10. The van der Waals surface area contributed by atoms with Gasteiger partial charge in [-0.3, -0.25) is 4.98 Å². The van der Waals surface area contributed by atoms with Crippen LogP contribution in [-0.4, -0.2) is 11.1 Å². The van der Waals surface area contributed by atoms with Crippen molar-refractivity contribution in [3.63, 3.8) is 0 Å². The Morgan fingerprint density at radius 2 is 1.76 bits per heavy atom. The lowest BCUT2D eigenvalue weighted by molar-refractivity contribution is 0.129. The molecule has 2 atom stereocenters. The maximum absolute atomic E-state index is 14.2. The molecule has 0 spiro atoms. The van der Waals surface area contributed by atoms with Crippen LogP contribution in [0.5, 0.6) is 0 Å². The second-order valence-electron chi connectivity index (χ2n) is 6.36. The SMILES string of the molecule is O=C1NC(c2cncc(C#Cc3cccc(F)c3)c2)C(c2cccc(F)c2F)O1. The van der Waals surface area contributed by atoms with Gasteiger partial charge in [-0.15, -0.1) is 0 Å². The zero-order valence-electron chi connectivity index (χ0n) is 14.8. The van der Waals surface area contributed by atoms with E-state index in [0.717, 1.165) is 6.07 Å². The molecule has 1 saturated heterocycles. The van der Waals surface area contributed by atoms with Crippen molar-refractivity contribution in [2.45, 2.75) is 12.1 Å². The van der Waals surface area contributed by atoms with E-state index in [-0.39, 0.29) is 5.56 Å². The predicted molar refractivity (Wildman–Crippen MR) is 98.1 cm³/mol. The van der Waals surface area contributed by atoms with Crippen molar-refractivity contribution in [3.8, 4) is 11.8 Å². The minimum absolute atomic E-state index is 0.0791. The van der Waals surface area contributed by atoms with Crippen molar-refractivity contribution in [1.82, 2.24) is 10.3 Å². The number of hydrogen-bond donors (Lipinski definition) is 1. The van der Waals surface area contributed by atoms with Gasteiger partial charge < -0.3 is 10.1 Å². The topological polar surface area (TPSA) is 51.2 Å². The van der Waals surface area contributed by atoms with Crippen LogP contribution in [0.15, 0.2) is 60.9 Å². The fraction of sp³-hybridized carbons (Fsp3) is 0.0909. The van der Waals surface area contributed by atoms with Gasteiger partial charge in [0.25, 0.3) is 0 Å². The van der Waals surface area contributed by atoms with Crippen LogP contribution < -0.4 is 5.32 Å². The third kappa shape index (κ3) is 3.92. The Morgan fingerprint density at radius 1 is 0.966 bits per heavy atom. The van der Waals surface area contributed by atoms with Crippen LogP contribution >= 0.6 is 0 Å². The number of ether oxygens (including phenoxy) is 1. The number of hydrogen-bond acceptors (Lipinski definition) is 3. The predicted octanol–water partition coefficient (Wildman–Crippen LogP) is 4.42. The van der Waals surface area contributed by atoms with Crippen molar-refractivity contribution in [2.75, 3.05) is 0 Å². The molecule has 1 aliphatic rings. The molecule has 1 aliphatic heterocycles. The van der Waals surface area contributed by atoms with Crippen molar-refractivity contribution in [3.05, 3.63) is 101 Å². The van der Waals surface area contributed by atoms with Gasteiger partial charge in [0.15, 0.2) is 17.7 Å². The van der Waals surface area contributed by atoms with E-state index in [0.29, 0.717) is 16.7 Å². The van der Waals surface area contributed by atoms with Crippen LogP contribution in [0.2, 0.25) is 0 Å². The Balaban J connectivity index is 1.66. The number of aromatic nitrogens is 1. The highest BCUT2D eigenvalue weighted by molar-refractivity contribution is 5.71. The van der Waals surface area contributed by atoms with Gasteiger partial charge in [-0.25, -0.2) is 18.0 Å². The molecule has 144 valence electrons. The van der Waals surface area contributed by atoms with Crippen molar-refractivity contribution >= 4 is 6.09 Å². The van der Waals surface area contributed by atoms with E-state index in [1.807, 2.05) is 0 Å². The van der Waals surface area contributed by atoms with E-state index in [4.69, 9.17) is 4.74 Å². The molecule has 4 rings (SSSR count). The summed E-state index contributed by atoms with van der Waals surface area (Å²) in [6.45, 7) is 0. The zero-order chi connectivity index (χ0) is 20.4. The Bertz CT molecular complexity index is 1150. The molecule has 2 unspecified atom stereocenters. The molecule has 1 N–H and O–H groups in total.